The lowest BCUT2D eigenvalue weighted by atomic mass is 10.2. The first kappa shape index (κ1) is 24.0. The Morgan fingerprint density at radius 2 is 1.65 bits per heavy atom. The second-order valence-electron chi connectivity index (χ2n) is 7.11. The molecule has 0 aliphatic heterocycles. The highest BCUT2D eigenvalue weighted by Gasteiger charge is 2.13. The summed E-state index contributed by atoms with van der Waals surface area (Å²) in [5.74, 6) is -1.10. The van der Waals surface area contributed by atoms with Crippen LogP contribution in [0.25, 0.3) is 0 Å². The number of hydrogen-bond donors (Lipinski definition) is 3. The average Bonchev–Trinajstić information content (AvgIpc) is 2.84. The van der Waals surface area contributed by atoms with Crippen LogP contribution in [-0.2, 0) is 14.4 Å². The third-order valence-corrected chi connectivity index (χ3v) is 4.56. The lowest BCUT2D eigenvalue weighted by Gasteiger charge is -2.09. The van der Waals surface area contributed by atoms with Crippen LogP contribution in [0.2, 0.25) is 0 Å². The molecule has 0 saturated heterocycles. The molecule has 3 aromatic rings. The molecule has 0 radical (unpaired) electrons. The van der Waals surface area contributed by atoms with Gasteiger partial charge >= 0.3 is 11.8 Å². The Labute approximate surface area is 196 Å². The molecule has 3 amide bonds. The van der Waals surface area contributed by atoms with Crippen LogP contribution in [0.1, 0.15) is 11.1 Å². The van der Waals surface area contributed by atoms with Crippen LogP contribution < -0.4 is 25.5 Å². The van der Waals surface area contributed by atoms with Crippen LogP contribution in [0, 0.1) is 6.92 Å². The molecular formula is C25H24N4O5. The van der Waals surface area contributed by atoms with Gasteiger partial charge in [0, 0.05) is 17.4 Å². The first-order chi connectivity index (χ1) is 16.4. The number of ether oxygens (including phenoxy) is 2. The van der Waals surface area contributed by atoms with Crippen LogP contribution in [0.15, 0.2) is 77.9 Å². The predicted octanol–water partition coefficient (Wildman–Crippen LogP) is 3.11. The van der Waals surface area contributed by atoms with Crippen LogP contribution in [0.3, 0.4) is 0 Å². The standard InChI is InChI=1S/C25H24N4O5/c1-17-7-3-4-12-22(17)28-23(30)16-34-21-11-5-8-18(13-21)15-26-29-25(32)24(31)27-19-9-6-10-20(14-19)33-2/h3-15H,16H2,1-2H3,(H,27,31)(H,28,30)(H,29,32)/b26-15-. The van der Waals surface area contributed by atoms with Gasteiger partial charge < -0.3 is 20.1 Å². The predicted molar refractivity (Wildman–Crippen MR) is 129 cm³/mol. The molecule has 0 aliphatic carbocycles. The van der Waals surface area contributed by atoms with E-state index in [1.54, 1.807) is 48.5 Å². The highest BCUT2D eigenvalue weighted by atomic mass is 16.5. The Bertz CT molecular complexity index is 1210. The minimum atomic E-state index is -0.931. The summed E-state index contributed by atoms with van der Waals surface area (Å²) < 4.78 is 10.6. The molecule has 34 heavy (non-hydrogen) atoms. The van der Waals surface area contributed by atoms with E-state index in [0.717, 1.165) is 11.3 Å². The SMILES string of the molecule is COc1cccc(NC(=O)C(=O)N/N=C\c2cccc(OCC(=O)Nc3ccccc3C)c2)c1. The average molecular weight is 460 g/mol. The topological polar surface area (TPSA) is 118 Å². The minimum absolute atomic E-state index is 0.171. The molecule has 0 atom stereocenters. The van der Waals surface area contributed by atoms with Gasteiger partial charge in [0.05, 0.1) is 13.3 Å². The fraction of sp³-hybridized carbons (Fsp3) is 0.120. The van der Waals surface area contributed by atoms with Crippen LogP contribution in [0.4, 0.5) is 11.4 Å². The number of aryl methyl sites for hydroxylation is 1. The third-order valence-electron chi connectivity index (χ3n) is 4.56. The molecule has 3 rings (SSSR count). The van der Waals surface area contributed by atoms with Gasteiger partial charge in [-0.2, -0.15) is 5.10 Å². The summed E-state index contributed by atoms with van der Waals surface area (Å²) in [5, 5.41) is 9.05. The van der Waals surface area contributed by atoms with Crippen molar-refractivity contribution < 1.29 is 23.9 Å². The molecule has 174 valence electrons. The van der Waals surface area contributed by atoms with Crippen molar-refractivity contribution in [2.24, 2.45) is 5.10 Å². The van der Waals surface area contributed by atoms with Gasteiger partial charge in [-0.25, -0.2) is 5.43 Å². The maximum Gasteiger partial charge on any atom is 0.329 e. The van der Waals surface area contributed by atoms with Crippen LogP contribution >= 0.6 is 0 Å². The number of anilines is 2. The molecule has 0 saturated carbocycles. The van der Waals surface area contributed by atoms with Crippen molar-refractivity contribution in [1.29, 1.82) is 0 Å². The fourth-order valence-electron chi connectivity index (χ4n) is 2.84. The lowest BCUT2D eigenvalue weighted by molar-refractivity contribution is -0.136. The smallest absolute Gasteiger partial charge is 0.329 e. The van der Waals surface area contributed by atoms with E-state index in [1.165, 1.54) is 13.3 Å². The third kappa shape index (κ3) is 7.20. The summed E-state index contributed by atoms with van der Waals surface area (Å²) in [7, 11) is 1.50. The van der Waals surface area contributed by atoms with E-state index in [2.05, 4.69) is 21.2 Å². The number of methoxy groups -OCH3 is 1. The van der Waals surface area contributed by atoms with E-state index in [1.807, 2.05) is 31.2 Å². The molecule has 0 aromatic heterocycles. The Kier molecular flexibility index (Phi) is 8.34. The molecule has 9 nitrogen and oxygen atoms in total. The quantitative estimate of drug-likeness (QED) is 0.271. The Hall–Kier alpha value is -4.66. The van der Waals surface area contributed by atoms with Gasteiger partial charge in [0.2, 0.25) is 0 Å². The maximum absolute atomic E-state index is 12.1. The number of rotatable bonds is 8. The van der Waals surface area contributed by atoms with Gasteiger partial charge in [-0.1, -0.05) is 36.4 Å². The van der Waals surface area contributed by atoms with Crippen molar-refractivity contribution in [3.63, 3.8) is 0 Å². The van der Waals surface area contributed by atoms with Gasteiger partial charge in [0.25, 0.3) is 5.91 Å². The van der Waals surface area contributed by atoms with E-state index in [9.17, 15) is 14.4 Å². The molecule has 0 fully saturated rings. The van der Waals surface area contributed by atoms with E-state index in [4.69, 9.17) is 9.47 Å². The number of benzene rings is 3. The molecule has 0 aliphatic rings. The van der Waals surface area contributed by atoms with Gasteiger partial charge in [-0.3, -0.25) is 14.4 Å². The van der Waals surface area contributed by atoms with Crippen molar-refractivity contribution in [3.8, 4) is 11.5 Å². The number of hydrogen-bond acceptors (Lipinski definition) is 6. The number of nitrogens with one attached hydrogen (secondary N) is 3. The van der Waals surface area contributed by atoms with Gasteiger partial charge in [-0.05, 0) is 48.4 Å². The van der Waals surface area contributed by atoms with Gasteiger partial charge in [-0.15, -0.1) is 0 Å². The zero-order valence-electron chi connectivity index (χ0n) is 18.7. The van der Waals surface area contributed by atoms with Crippen molar-refractivity contribution in [3.05, 3.63) is 83.9 Å². The van der Waals surface area contributed by atoms with Gasteiger partial charge in [0.1, 0.15) is 11.5 Å². The number of hydrazone groups is 1. The largest absolute Gasteiger partial charge is 0.497 e. The Morgan fingerprint density at radius 3 is 2.44 bits per heavy atom. The van der Waals surface area contributed by atoms with Crippen LogP contribution in [0.5, 0.6) is 11.5 Å². The number of carbonyl (C=O) groups is 3. The zero-order chi connectivity index (χ0) is 24.3. The highest BCUT2D eigenvalue weighted by molar-refractivity contribution is 6.39. The summed E-state index contributed by atoms with van der Waals surface area (Å²) in [4.78, 5) is 36.1. The number of carbonyl (C=O) groups excluding carboxylic acids is 3. The molecule has 3 aromatic carbocycles. The molecule has 0 heterocycles. The van der Waals surface area contributed by atoms with Crippen molar-refractivity contribution in [1.82, 2.24) is 5.43 Å². The molecule has 9 heteroatoms. The molecule has 0 bridgehead atoms. The second-order valence-corrected chi connectivity index (χ2v) is 7.11. The van der Waals surface area contributed by atoms with E-state index in [0.29, 0.717) is 22.7 Å². The van der Waals surface area contributed by atoms with Crippen molar-refractivity contribution >= 4 is 35.3 Å². The number of para-hydroxylation sites is 1. The van der Waals surface area contributed by atoms with Crippen molar-refractivity contribution in [2.75, 3.05) is 24.4 Å². The maximum atomic E-state index is 12.1. The molecule has 0 spiro atoms. The van der Waals surface area contributed by atoms with Gasteiger partial charge in [0.15, 0.2) is 6.61 Å². The monoisotopic (exact) mass is 460 g/mol. The second kappa shape index (κ2) is 11.8. The van der Waals surface area contributed by atoms with Crippen molar-refractivity contribution in [2.45, 2.75) is 6.92 Å². The molecule has 3 N–H and O–H groups in total. The van der Waals surface area contributed by atoms with E-state index < -0.39 is 11.8 Å². The minimum Gasteiger partial charge on any atom is -0.497 e. The Morgan fingerprint density at radius 1 is 0.882 bits per heavy atom. The number of amides is 3. The normalized spacial score (nSPS) is 10.4. The summed E-state index contributed by atoms with van der Waals surface area (Å²) in [6.07, 6.45) is 1.36. The summed E-state index contributed by atoms with van der Waals surface area (Å²) in [6.45, 7) is 1.73. The fourth-order valence-corrected chi connectivity index (χ4v) is 2.84. The first-order valence-electron chi connectivity index (χ1n) is 10.3. The van der Waals surface area contributed by atoms with E-state index >= 15 is 0 Å². The molecule has 0 unspecified atom stereocenters. The summed E-state index contributed by atoms with van der Waals surface area (Å²) in [5.41, 5.74) is 4.86. The number of nitrogens with zero attached hydrogens (tertiary/aromatic N) is 1. The summed E-state index contributed by atoms with van der Waals surface area (Å²) in [6, 6.07) is 20.9. The molecular weight excluding hydrogens is 436 g/mol. The Balaban J connectivity index is 1.48. The summed E-state index contributed by atoms with van der Waals surface area (Å²) >= 11 is 0. The first-order valence-corrected chi connectivity index (χ1v) is 10.3. The van der Waals surface area contributed by atoms with E-state index in [-0.39, 0.29) is 12.5 Å². The lowest BCUT2D eigenvalue weighted by Crippen LogP contribution is -2.32. The highest BCUT2D eigenvalue weighted by Crippen LogP contribution is 2.17. The van der Waals surface area contributed by atoms with Crippen LogP contribution in [-0.4, -0.2) is 37.7 Å². The zero-order valence-corrected chi connectivity index (χ0v) is 18.7.